The Morgan fingerprint density at radius 1 is 1.22 bits per heavy atom. The molecule has 7 heteroatoms. The summed E-state index contributed by atoms with van der Waals surface area (Å²) in [5.41, 5.74) is 5.93. The van der Waals surface area contributed by atoms with E-state index in [0.717, 1.165) is 24.0 Å². The van der Waals surface area contributed by atoms with Crippen molar-refractivity contribution in [3.8, 4) is 11.5 Å². The molecule has 2 rings (SSSR count). The summed E-state index contributed by atoms with van der Waals surface area (Å²) in [5.74, 6) is 3.06. The smallest absolute Gasteiger partial charge is 0.333 e. The summed E-state index contributed by atoms with van der Waals surface area (Å²) in [6, 6.07) is 9.95. The third-order valence-electron chi connectivity index (χ3n) is 5.54. The zero-order valence-corrected chi connectivity index (χ0v) is 24.1. The van der Waals surface area contributed by atoms with Gasteiger partial charge in [-0.25, -0.2) is 4.79 Å². The molecule has 0 aliphatic carbocycles. The van der Waals surface area contributed by atoms with Crippen molar-refractivity contribution in [1.82, 2.24) is 0 Å². The fourth-order valence-corrected chi connectivity index (χ4v) is 4.13. The minimum Gasteiger partial charge on any atom is -0.463 e. The Labute approximate surface area is 223 Å². The van der Waals surface area contributed by atoms with Crippen molar-refractivity contribution < 1.29 is 28.5 Å². The lowest BCUT2D eigenvalue weighted by Gasteiger charge is -2.35. The van der Waals surface area contributed by atoms with Crippen molar-refractivity contribution in [2.45, 2.75) is 58.7 Å². The molecule has 0 bridgehead atoms. The van der Waals surface area contributed by atoms with Crippen LogP contribution < -0.4 is 0 Å². The lowest BCUT2D eigenvalue weighted by Crippen LogP contribution is -2.35. The monoisotopic (exact) mass is 526 g/mol. The van der Waals surface area contributed by atoms with Gasteiger partial charge in [-0.15, -0.1) is 5.54 Å². The number of rotatable bonds is 12. The van der Waals surface area contributed by atoms with Gasteiger partial charge in [-0.2, -0.15) is 0 Å². The first-order valence-electron chi connectivity index (χ1n) is 12.9. The number of allylic oxidation sites excluding steroid dienone is 2. The van der Waals surface area contributed by atoms with Crippen molar-refractivity contribution in [3.05, 3.63) is 71.3 Å². The normalized spacial score (nSPS) is 21.0. The van der Waals surface area contributed by atoms with Crippen LogP contribution in [0.3, 0.4) is 0 Å². The van der Waals surface area contributed by atoms with Crippen molar-refractivity contribution in [1.29, 1.82) is 0 Å². The van der Waals surface area contributed by atoms with Gasteiger partial charge in [0.2, 0.25) is 0 Å². The predicted octanol–water partition coefficient (Wildman–Crippen LogP) is 5.99. The Balaban J connectivity index is 2.21. The standard InChI is InChI=1S/C30H42O6Si/c1-7-34-29(31)24(2)13-11-17-27-22-35-30(26-15-9-8-10-16-26)36-28(27)19-18-25(21-33-23-32-3)14-12-20-37(4,5)6/h8-10,13-16,18-19,27-28,30H,7,11,17,21-23H2,1-6H3/b19-18+,24-13+,25-14-/t27-,28+,30-/m1/s1. The molecule has 1 aromatic rings. The van der Waals surface area contributed by atoms with Gasteiger partial charge in [-0.1, -0.05) is 74.1 Å². The molecule has 6 nitrogen and oxygen atoms in total. The van der Waals surface area contributed by atoms with Crippen LogP contribution in [0.1, 0.15) is 38.5 Å². The number of methoxy groups -OCH3 is 1. The fraction of sp³-hybridized carbons (Fsp3) is 0.500. The molecule has 1 aliphatic heterocycles. The van der Waals surface area contributed by atoms with E-state index in [9.17, 15) is 4.79 Å². The first-order valence-corrected chi connectivity index (χ1v) is 16.4. The molecule has 1 fully saturated rings. The molecule has 0 saturated carbocycles. The van der Waals surface area contributed by atoms with Crippen molar-refractivity contribution >= 4 is 14.0 Å². The summed E-state index contributed by atoms with van der Waals surface area (Å²) >= 11 is 0. The molecule has 0 N–H and O–H groups in total. The highest BCUT2D eigenvalue weighted by molar-refractivity contribution is 6.83. The van der Waals surface area contributed by atoms with Gasteiger partial charge in [0.15, 0.2) is 6.29 Å². The van der Waals surface area contributed by atoms with E-state index in [1.165, 1.54) is 0 Å². The highest BCUT2D eigenvalue weighted by Gasteiger charge is 2.30. The van der Waals surface area contributed by atoms with Crippen LogP contribution in [0.5, 0.6) is 0 Å². The van der Waals surface area contributed by atoms with E-state index in [1.54, 1.807) is 14.0 Å². The van der Waals surface area contributed by atoms with Crippen LogP contribution in [0.2, 0.25) is 19.6 Å². The average Bonchev–Trinajstić information content (AvgIpc) is 2.87. The van der Waals surface area contributed by atoms with Crippen LogP contribution in [0.25, 0.3) is 0 Å². The van der Waals surface area contributed by atoms with Gasteiger partial charge in [0.25, 0.3) is 0 Å². The van der Waals surface area contributed by atoms with Gasteiger partial charge in [0.05, 0.1) is 25.9 Å². The van der Waals surface area contributed by atoms with Crippen LogP contribution in [0.15, 0.2) is 65.8 Å². The topological polar surface area (TPSA) is 63.2 Å². The molecule has 0 spiro atoms. The fourth-order valence-electron chi connectivity index (χ4n) is 3.62. The van der Waals surface area contributed by atoms with Crippen LogP contribution >= 0.6 is 0 Å². The number of hydrogen-bond acceptors (Lipinski definition) is 6. The van der Waals surface area contributed by atoms with Gasteiger partial charge in [0, 0.05) is 24.2 Å². The van der Waals surface area contributed by atoms with E-state index in [4.69, 9.17) is 23.7 Å². The largest absolute Gasteiger partial charge is 0.463 e. The van der Waals surface area contributed by atoms with Crippen LogP contribution in [-0.4, -0.2) is 53.9 Å². The molecule has 202 valence electrons. The Morgan fingerprint density at radius 2 is 1.97 bits per heavy atom. The average molecular weight is 527 g/mol. The summed E-state index contributed by atoms with van der Waals surface area (Å²) in [4.78, 5) is 11.9. The molecule has 0 unspecified atom stereocenters. The van der Waals surface area contributed by atoms with Gasteiger partial charge in [0.1, 0.15) is 14.9 Å². The zero-order valence-electron chi connectivity index (χ0n) is 23.1. The summed E-state index contributed by atoms with van der Waals surface area (Å²) < 4.78 is 28.2. The zero-order chi connectivity index (χ0) is 27.1. The molecule has 0 amide bonds. The van der Waals surface area contributed by atoms with Crippen LogP contribution in [-0.2, 0) is 28.5 Å². The van der Waals surface area contributed by atoms with Gasteiger partial charge >= 0.3 is 5.97 Å². The quantitative estimate of drug-likeness (QED) is 0.0634. The third kappa shape index (κ3) is 12.1. The summed E-state index contributed by atoms with van der Waals surface area (Å²) in [7, 11) is 0.116. The Morgan fingerprint density at radius 3 is 2.65 bits per heavy atom. The summed E-state index contributed by atoms with van der Waals surface area (Å²) in [6.07, 6.45) is 8.86. The molecule has 1 saturated heterocycles. The number of hydrogen-bond donors (Lipinski definition) is 0. The lowest BCUT2D eigenvalue weighted by molar-refractivity contribution is -0.229. The molecule has 1 aliphatic rings. The second kappa shape index (κ2) is 16.4. The lowest BCUT2D eigenvalue weighted by atomic mass is 9.94. The van der Waals surface area contributed by atoms with E-state index in [2.05, 4.69) is 37.2 Å². The van der Waals surface area contributed by atoms with E-state index in [-0.39, 0.29) is 24.8 Å². The molecule has 0 aromatic heterocycles. The second-order valence-corrected chi connectivity index (χ2v) is 14.7. The van der Waals surface area contributed by atoms with Crippen molar-refractivity contribution in [2.75, 3.05) is 33.7 Å². The maximum absolute atomic E-state index is 11.9. The SMILES string of the molecule is CCOC(=O)/C(C)=C/CC[C@@H]1CO[C@@H](c2ccccc2)O[C@H]1/C=C/C(=C/C#C[Si](C)(C)C)COCOC. The van der Waals surface area contributed by atoms with Gasteiger partial charge in [-0.3, -0.25) is 0 Å². The summed E-state index contributed by atoms with van der Waals surface area (Å²) in [5, 5.41) is 0. The summed E-state index contributed by atoms with van der Waals surface area (Å²) in [6.45, 7) is 11.8. The maximum atomic E-state index is 11.9. The first-order chi connectivity index (χ1) is 17.7. The minimum absolute atomic E-state index is 0.122. The number of ether oxygens (including phenoxy) is 5. The Hall–Kier alpha value is -2.47. The Kier molecular flexibility index (Phi) is 13.6. The number of carbonyl (C=O) groups excluding carboxylic acids is 1. The Bertz CT molecular complexity index is 981. The molecule has 0 radical (unpaired) electrons. The number of benzene rings is 1. The van der Waals surface area contributed by atoms with Crippen LogP contribution in [0, 0.1) is 17.4 Å². The van der Waals surface area contributed by atoms with E-state index < -0.39 is 14.4 Å². The molecular weight excluding hydrogens is 484 g/mol. The number of carbonyl (C=O) groups is 1. The molecule has 37 heavy (non-hydrogen) atoms. The van der Waals surface area contributed by atoms with E-state index in [0.29, 0.717) is 25.4 Å². The molecule has 1 heterocycles. The predicted molar refractivity (Wildman–Crippen MR) is 149 cm³/mol. The molecule has 3 atom stereocenters. The highest BCUT2D eigenvalue weighted by atomic mass is 28.3. The van der Waals surface area contributed by atoms with Crippen molar-refractivity contribution in [3.63, 3.8) is 0 Å². The van der Waals surface area contributed by atoms with E-state index >= 15 is 0 Å². The maximum Gasteiger partial charge on any atom is 0.333 e. The number of esters is 1. The van der Waals surface area contributed by atoms with E-state index in [1.807, 2.05) is 55.5 Å². The minimum atomic E-state index is -1.49. The molecule has 1 aromatic carbocycles. The molecular formula is C30H42O6Si. The first kappa shape index (κ1) is 30.7. The van der Waals surface area contributed by atoms with Crippen LogP contribution in [0.4, 0.5) is 0 Å². The van der Waals surface area contributed by atoms with Gasteiger partial charge in [-0.05, 0) is 38.3 Å². The van der Waals surface area contributed by atoms with Crippen molar-refractivity contribution in [2.24, 2.45) is 5.92 Å². The second-order valence-electron chi connectivity index (χ2n) is 9.97. The highest BCUT2D eigenvalue weighted by Crippen LogP contribution is 2.32. The third-order valence-corrected chi connectivity index (χ3v) is 6.43. The van der Waals surface area contributed by atoms with Gasteiger partial charge < -0.3 is 23.7 Å².